The van der Waals surface area contributed by atoms with Crippen LogP contribution in [0.1, 0.15) is 12.6 Å². The normalized spacial score (nSPS) is 10.9. The summed E-state index contributed by atoms with van der Waals surface area (Å²) < 4.78 is 12.6. The number of aryl methyl sites for hydroxylation is 3. The number of nitrogens with one attached hydrogen (secondary N) is 1. The minimum Gasteiger partial charge on any atom is -0.437 e. The van der Waals surface area contributed by atoms with Gasteiger partial charge in [0.05, 0.1) is 18.5 Å². The molecule has 9 nitrogen and oxygen atoms in total. The molecule has 0 amide bonds. The van der Waals surface area contributed by atoms with Crippen molar-refractivity contribution in [3.05, 3.63) is 39.4 Å². The van der Waals surface area contributed by atoms with E-state index in [1.165, 1.54) is 11.7 Å². The van der Waals surface area contributed by atoms with E-state index < -0.39 is 6.16 Å². The van der Waals surface area contributed by atoms with Gasteiger partial charge in [-0.25, -0.2) is 9.78 Å². The maximum Gasteiger partial charge on any atom is 0.514 e. The molecule has 0 saturated heterocycles. The Morgan fingerprint density at radius 1 is 1.33 bits per heavy atom. The fraction of sp³-hybridized carbons (Fsp3) is 0.294. The number of anilines is 2. The average molecular weight is 392 g/mol. The van der Waals surface area contributed by atoms with Gasteiger partial charge in [0.2, 0.25) is 11.8 Å². The van der Waals surface area contributed by atoms with Gasteiger partial charge in [0, 0.05) is 31.2 Å². The van der Waals surface area contributed by atoms with Crippen LogP contribution in [0.15, 0.2) is 23.1 Å². The van der Waals surface area contributed by atoms with Crippen molar-refractivity contribution in [2.75, 3.05) is 12.4 Å². The molecule has 0 aliphatic rings. The highest BCUT2D eigenvalue weighted by molar-refractivity contribution is 6.31. The largest absolute Gasteiger partial charge is 0.514 e. The Labute approximate surface area is 159 Å². The molecule has 142 valence electrons. The molecule has 0 saturated carbocycles. The monoisotopic (exact) mass is 391 g/mol. The molecule has 0 fully saturated rings. The number of hydrogen-bond acceptors (Lipinski definition) is 7. The van der Waals surface area contributed by atoms with Crippen molar-refractivity contribution in [1.29, 1.82) is 0 Å². The highest BCUT2D eigenvalue weighted by Gasteiger charge is 2.14. The predicted molar refractivity (Wildman–Crippen MR) is 101 cm³/mol. The van der Waals surface area contributed by atoms with Gasteiger partial charge in [0.15, 0.2) is 0 Å². The molecule has 27 heavy (non-hydrogen) atoms. The molecule has 0 atom stereocenters. The Kier molecular flexibility index (Phi) is 5.04. The third-order valence-electron chi connectivity index (χ3n) is 3.98. The molecule has 1 N–H and O–H groups in total. The molecule has 0 radical (unpaired) electrons. The zero-order chi connectivity index (χ0) is 19.7. The van der Waals surface area contributed by atoms with Crippen LogP contribution in [0.3, 0.4) is 0 Å². The van der Waals surface area contributed by atoms with E-state index in [4.69, 9.17) is 16.3 Å². The molecule has 0 unspecified atom stereocenters. The third kappa shape index (κ3) is 3.59. The molecule has 3 aromatic rings. The fourth-order valence-electron chi connectivity index (χ4n) is 2.67. The number of carbonyl (C=O) groups excluding carboxylic acids is 1. The smallest absolute Gasteiger partial charge is 0.437 e. The van der Waals surface area contributed by atoms with Crippen molar-refractivity contribution in [2.45, 2.75) is 20.4 Å². The second kappa shape index (κ2) is 7.28. The molecule has 0 spiro atoms. The Morgan fingerprint density at radius 2 is 2.07 bits per heavy atom. The van der Waals surface area contributed by atoms with Crippen LogP contribution in [0, 0.1) is 6.92 Å². The van der Waals surface area contributed by atoms with Crippen molar-refractivity contribution in [1.82, 2.24) is 19.1 Å². The van der Waals surface area contributed by atoms with Crippen LogP contribution in [0.5, 0.6) is 5.88 Å². The van der Waals surface area contributed by atoms with Gasteiger partial charge in [-0.3, -0.25) is 9.36 Å². The number of hydrogen-bond donors (Lipinski definition) is 1. The summed E-state index contributed by atoms with van der Waals surface area (Å²) in [4.78, 5) is 32.4. The first-order chi connectivity index (χ1) is 12.8. The Hall–Kier alpha value is -3.07. The molecule has 0 bridgehead atoms. The van der Waals surface area contributed by atoms with Crippen molar-refractivity contribution in [3.8, 4) is 5.88 Å². The molecule has 3 aromatic heterocycles. The summed E-state index contributed by atoms with van der Waals surface area (Å²) in [7, 11) is 2.95. The summed E-state index contributed by atoms with van der Waals surface area (Å²) in [6.45, 7) is 4.08. The molecule has 3 rings (SSSR count). The van der Waals surface area contributed by atoms with E-state index in [0.29, 0.717) is 40.8 Å². The lowest BCUT2D eigenvalue weighted by Gasteiger charge is -2.11. The van der Waals surface area contributed by atoms with Crippen LogP contribution in [0.25, 0.3) is 11.0 Å². The molecule has 10 heteroatoms. The summed E-state index contributed by atoms with van der Waals surface area (Å²) >= 11 is 6.03. The van der Waals surface area contributed by atoms with Crippen molar-refractivity contribution >= 4 is 40.4 Å². The summed E-state index contributed by atoms with van der Waals surface area (Å²) in [5, 5.41) is 3.88. The number of carbonyl (C=O) groups is 1. The molecule has 0 aliphatic heterocycles. The van der Waals surface area contributed by atoms with E-state index in [2.05, 4.69) is 20.0 Å². The lowest BCUT2D eigenvalue weighted by molar-refractivity contribution is 0.118. The topological polar surface area (TPSA) is 100 Å². The second-order valence-corrected chi connectivity index (χ2v) is 6.18. The van der Waals surface area contributed by atoms with Crippen molar-refractivity contribution in [3.63, 3.8) is 0 Å². The SMILES string of the molecule is CCn1c(=O)c(Cl)cc2c(C)nc(Nc3cc(OC(=O)OC)n(C)c3)nc21. The lowest BCUT2D eigenvalue weighted by Crippen LogP contribution is -2.21. The Bertz CT molecular complexity index is 1090. The second-order valence-electron chi connectivity index (χ2n) is 5.77. The molecular formula is C17H18ClN5O4. The van der Waals surface area contributed by atoms with Crippen LogP contribution >= 0.6 is 11.6 Å². The lowest BCUT2D eigenvalue weighted by atomic mass is 10.2. The minimum atomic E-state index is -0.815. The summed E-state index contributed by atoms with van der Waals surface area (Å²) in [5.41, 5.74) is 1.47. The van der Waals surface area contributed by atoms with Gasteiger partial charge in [-0.15, -0.1) is 0 Å². The van der Waals surface area contributed by atoms with Gasteiger partial charge < -0.3 is 19.4 Å². The Morgan fingerprint density at radius 3 is 2.74 bits per heavy atom. The van der Waals surface area contributed by atoms with Crippen LogP contribution in [-0.2, 0) is 18.3 Å². The maximum atomic E-state index is 12.3. The Balaban J connectivity index is 2.01. The maximum absolute atomic E-state index is 12.3. The first kappa shape index (κ1) is 18.7. The van der Waals surface area contributed by atoms with E-state index in [9.17, 15) is 9.59 Å². The van der Waals surface area contributed by atoms with Crippen LogP contribution < -0.4 is 15.6 Å². The molecule has 0 aliphatic carbocycles. The number of ether oxygens (including phenoxy) is 2. The van der Waals surface area contributed by atoms with Crippen LogP contribution in [-0.4, -0.2) is 32.4 Å². The van der Waals surface area contributed by atoms with Crippen LogP contribution in [0.4, 0.5) is 16.4 Å². The van der Waals surface area contributed by atoms with Gasteiger partial charge >= 0.3 is 6.16 Å². The minimum absolute atomic E-state index is 0.129. The fourth-order valence-corrected chi connectivity index (χ4v) is 2.89. The van der Waals surface area contributed by atoms with Crippen molar-refractivity contribution < 1.29 is 14.3 Å². The van der Waals surface area contributed by atoms with E-state index in [0.717, 1.165) is 0 Å². The summed E-state index contributed by atoms with van der Waals surface area (Å²) in [6, 6.07) is 3.18. The van der Waals surface area contributed by atoms with Gasteiger partial charge in [0.1, 0.15) is 10.7 Å². The average Bonchev–Trinajstić information content (AvgIpc) is 2.96. The molecular weight excluding hydrogens is 374 g/mol. The highest BCUT2D eigenvalue weighted by Crippen LogP contribution is 2.24. The van der Waals surface area contributed by atoms with E-state index in [1.54, 1.807) is 29.9 Å². The van der Waals surface area contributed by atoms with Gasteiger partial charge in [-0.1, -0.05) is 11.6 Å². The van der Waals surface area contributed by atoms with E-state index >= 15 is 0 Å². The van der Waals surface area contributed by atoms with Gasteiger partial charge in [-0.2, -0.15) is 4.98 Å². The van der Waals surface area contributed by atoms with Crippen LogP contribution in [0.2, 0.25) is 5.02 Å². The molecule has 3 heterocycles. The number of aromatic nitrogens is 4. The van der Waals surface area contributed by atoms with E-state index in [-0.39, 0.29) is 10.6 Å². The standard InChI is InChI=1S/C17H18ClN5O4/c1-5-23-14-11(7-12(18)15(23)24)9(2)19-16(21-14)20-10-6-13(22(3)8-10)27-17(25)26-4/h6-8H,5H2,1-4H3,(H,19,20,21). The zero-order valence-electron chi connectivity index (χ0n) is 15.2. The number of halogens is 1. The first-order valence-corrected chi connectivity index (χ1v) is 8.48. The highest BCUT2D eigenvalue weighted by atomic mass is 35.5. The predicted octanol–water partition coefficient (Wildman–Crippen LogP) is 3.00. The number of rotatable bonds is 4. The number of pyridine rings is 1. The number of fused-ring (bicyclic) bond motifs is 1. The zero-order valence-corrected chi connectivity index (χ0v) is 16.0. The van der Waals surface area contributed by atoms with Gasteiger partial charge in [-0.05, 0) is 19.9 Å². The quantitative estimate of drug-likeness (QED) is 0.682. The summed E-state index contributed by atoms with van der Waals surface area (Å²) in [5.74, 6) is 0.596. The van der Waals surface area contributed by atoms with E-state index in [1.807, 2.05) is 13.8 Å². The third-order valence-corrected chi connectivity index (χ3v) is 4.25. The number of methoxy groups -OCH3 is 1. The number of nitrogens with zero attached hydrogens (tertiary/aromatic N) is 4. The summed E-state index contributed by atoms with van der Waals surface area (Å²) in [6.07, 6.45) is 0.889. The van der Waals surface area contributed by atoms with Gasteiger partial charge in [0.25, 0.3) is 5.56 Å². The first-order valence-electron chi connectivity index (χ1n) is 8.11. The van der Waals surface area contributed by atoms with Crippen molar-refractivity contribution in [2.24, 2.45) is 7.05 Å². The molecule has 0 aromatic carbocycles.